The van der Waals surface area contributed by atoms with Crippen LogP contribution in [0.1, 0.15) is 18.4 Å². The molecule has 0 radical (unpaired) electrons. The monoisotopic (exact) mass is 291 g/mol. The molecule has 0 saturated carbocycles. The summed E-state index contributed by atoms with van der Waals surface area (Å²) in [6, 6.07) is 6.04. The highest BCUT2D eigenvalue weighted by molar-refractivity contribution is 5.91. The van der Waals surface area contributed by atoms with E-state index in [0.717, 1.165) is 5.56 Å². The lowest BCUT2D eigenvalue weighted by molar-refractivity contribution is -0.186. The Morgan fingerprint density at radius 1 is 1.14 bits per heavy atom. The number of hydrogen-bond acceptors (Lipinski definition) is 3. The van der Waals surface area contributed by atoms with Crippen molar-refractivity contribution in [3.05, 3.63) is 41.7 Å². The summed E-state index contributed by atoms with van der Waals surface area (Å²) in [5.74, 6) is -0.777. The fraction of sp³-hybridized carbons (Fsp3) is 0.438. The Balaban J connectivity index is 1.55. The van der Waals surface area contributed by atoms with Gasteiger partial charge in [0.25, 0.3) is 0 Å². The highest BCUT2D eigenvalue weighted by Gasteiger charge is 2.40. The fourth-order valence-electron chi connectivity index (χ4n) is 2.70. The van der Waals surface area contributed by atoms with Crippen molar-refractivity contribution in [1.82, 2.24) is 4.90 Å². The lowest BCUT2D eigenvalue weighted by Crippen LogP contribution is -2.46. The molecule has 3 rings (SSSR count). The largest absolute Gasteiger partial charge is 0.347 e. The van der Waals surface area contributed by atoms with E-state index >= 15 is 0 Å². The third-order valence-electron chi connectivity index (χ3n) is 3.94. The van der Waals surface area contributed by atoms with Crippen LogP contribution in [-0.4, -0.2) is 42.9 Å². The maximum Gasteiger partial charge on any atom is 0.246 e. The molecule has 2 heterocycles. The van der Waals surface area contributed by atoms with Crippen LogP contribution in [0, 0.1) is 5.82 Å². The van der Waals surface area contributed by atoms with Crippen LogP contribution in [0.25, 0.3) is 6.08 Å². The van der Waals surface area contributed by atoms with E-state index in [0.29, 0.717) is 39.1 Å². The van der Waals surface area contributed by atoms with Crippen molar-refractivity contribution in [3.63, 3.8) is 0 Å². The van der Waals surface area contributed by atoms with Crippen LogP contribution < -0.4 is 0 Å². The van der Waals surface area contributed by atoms with Crippen molar-refractivity contribution < 1.29 is 18.7 Å². The van der Waals surface area contributed by atoms with E-state index in [2.05, 4.69) is 0 Å². The number of hydrogen-bond donors (Lipinski definition) is 0. The molecule has 0 unspecified atom stereocenters. The van der Waals surface area contributed by atoms with Gasteiger partial charge in [0, 0.05) is 32.0 Å². The fourth-order valence-corrected chi connectivity index (χ4v) is 2.70. The Kier molecular flexibility index (Phi) is 4.03. The molecular formula is C16H18FNO3. The van der Waals surface area contributed by atoms with E-state index in [4.69, 9.17) is 9.47 Å². The van der Waals surface area contributed by atoms with Gasteiger partial charge in [0.2, 0.25) is 5.91 Å². The Bertz CT molecular complexity index is 525. The number of piperidine rings is 1. The molecule has 0 aromatic heterocycles. The molecule has 5 heteroatoms. The highest BCUT2D eigenvalue weighted by atomic mass is 19.1. The third kappa shape index (κ3) is 3.31. The molecule has 2 fully saturated rings. The topological polar surface area (TPSA) is 38.8 Å². The van der Waals surface area contributed by atoms with Gasteiger partial charge in [0.1, 0.15) is 5.82 Å². The number of nitrogens with zero attached hydrogens (tertiary/aromatic N) is 1. The molecule has 1 amide bonds. The second-order valence-corrected chi connectivity index (χ2v) is 5.32. The number of likely N-dealkylation sites (tertiary alicyclic amines) is 1. The lowest BCUT2D eigenvalue weighted by atomic mass is 10.0. The van der Waals surface area contributed by atoms with E-state index in [1.165, 1.54) is 18.2 Å². The van der Waals surface area contributed by atoms with Gasteiger partial charge in [-0.05, 0) is 23.8 Å². The Labute approximate surface area is 123 Å². The minimum Gasteiger partial charge on any atom is -0.347 e. The number of halogens is 1. The number of rotatable bonds is 2. The summed E-state index contributed by atoms with van der Waals surface area (Å²) in [5.41, 5.74) is 0.806. The number of ether oxygens (including phenoxy) is 2. The van der Waals surface area contributed by atoms with Gasteiger partial charge in [-0.25, -0.2) is 4.39 Å². The summed E-state index contributed by atoms with van der Waals surface area (Å²) in [6.07, 6.45) is 4.66. The molecule has 1 spiro atoms. The van der Waals surface area contributed by atoms with Gasteiger partial charge in [-0.1, -0.05) is 12.1 Å². The van der Waals surface area contributed by atoms with E-state index in [1.54, 1.807) is 23.1 Å². The first kappa shape index (κ1) is 14.2. The van der Waals surface area contributed by atoms with Gasteiger partial charge in [-0.15, -0.1) is 0 Å². The van der Waals surface area contributed by atoms with Crippen LogP contribution in [0.3, 0.4) is 0 Å². The average Bonchev–Trinajstić information content (AvgIpc) is 2.95. The highest BCUT2D eigenvalue weighted by Crippen LogP contribution is 2.31. The van der Waals surface area contributed by atoms with Crippen LogP contribution in [0.5, 0.6) is 0 Å². The maximum atomic E-state index is 12.8. The van der Waals surface area contributed by atoms with Crippen molar-refractivity contribution in [2.45, 2.75) is 18.6 Å². The molecule has 4 nitrogen and oxygen atoms in total. The standard InChI is InChI=1S/C16H18FNO3/c17-14-4-1-13(2-5-14)3-6-15(19)18-9-7-16(8-10-18)20-11-12-21-16/h1-6H,7-12H2. The molecule has 1 aromatic rings. The molecule has 2 aliphatic heterocycles. The molecule has 2 aliphatic rings. The molecule has 0 atom stereocenters. The molecule has 0 aliphatic carbocycles. The van der Waals surface area contributed by atoms with E-state index in [-0.39, 0.29) is 11.7 Å². The second kappa shape index (κ2) is 5.95. The van der Waals surface area contributed by atoms with E-state index in [9.17, 15) is 9.18 Å². The smallest absolute Gasteiger partial charge is 0.246 e. The van der Waals surface area contributed by atoms with Crippen LogP contribution >= 0.6 is 0 Å². The van der Waals surface area contributed by atoms with E-state index in [1.807, 2.05) is 0 Å². The average molecular weight is 291 g/mol. The summed E-state index contributed by atoms with van der Waals surface area (Å²) in [6.45, 7) is 2.54. The zero-order valence-electron chi connectivity index (χ0n) is 11.8. The summed E-state index contributed by atoms with van der Waals surface area (Å²) in [5, 5.41) is 0. The van der Waals surface area contributed by atoms with Crippen molar-refractivity contribution in [2.24, 2.45) is 0 Å². The summed E-state index contributed by atoms with van der Waals surface area (Å²) in [7, 11) is 0. The first-order chi connectivity index (χ1) is 10.2. The Hall–Kier alpha value is -1.72. The number of carbonyl (C=O) groups is 1. The Morgan fingerprint density at radius 3 is 2.38 bits per heavy atom. The number of benzene rings is 1. The first-order valence-electron chi connectivity index (χ1n) is 7.17. The third-order valence-corrected chi connectivity index (χ3v) is 3.94. The first-order valence-corrected chi connectivity index (χ1v) is 7.17. The maximum absolute atomic E-state index is 12.8. The SMILES string of the molecule is O=C(C=Cc1ccc(F)cc1)N1CCC2(CC1)OCCO2. The van der Waals surface area contributed by atoms with Crippen LogP contribution in [-0.2, 0) is 14.3 Å². The van der Waals surface area contributed by atoms with Gasteiger partial charge >= 0.3 is 0 Å². The summed E-state index contributed by atoms with van der Waals surface area (Å²) in [4.78, 5) is 13.9. The molecule has 0 bridgehead atoms. The molecule has 112 valence electrons. The van der Waals surface area contributed by atoms with Crippen molar-refractivity contribution in [3.8, 4) is 0 Å². The van der Waals surface area contributed by atoms with Gasteiger partial charge < -0.3 is 14.4 Å². The van der Waals surface area contributed by atoms with Gasteiger partial charge in [0.15, 0.2) is 5.79 Å². The zero-order valence-corrected chi connectivity index (χ0v) is 11.8. The predicted molar refractivity (Wildman–Crippen MR) is 75.9 cm³/mol. The summed E-state index contributed by atoms with van der Waals surface area (Å²) < 4.78 is 24.1. The van der Waals surface area contributed by atoms with Crippen LogP contribution in [0.2, 0.25) is 0 Å². The molecule has 1 aromatic carbocycles. The van der Waals surface area contributed by atoms with Crippen molar-refractivity contribution in [2.75, 3.05) is 26.3 Å². The minimum atomic E-state index is -0.461. The molecule has 2 saturated heterocycles. The minimum absolute atomic E-state index is 0.0350. The zero-order chi connectivity index (χ0) is 14.7. The van der Waals surface area contributed by atoms with Crippen molar-refractivity contribution in [1.29, 1.82) is 0 Å². The quantitative estimate of drug-likeness (QED) is 0.784. The van der Waals surface area contributed by atoms with E-state index < -0.39 is 5.79 Å². The normalized spacial score (nSPS) is 21.3. The lowest BCUT2D eigenvalue weighted by Gasteiger charge is -2.37. The van der Waals surface area contributed by atoms with Crippen LogP contribution in [0.15, 0.2) is 30.3 Å². The van der Waals surface area contributed by atoms with Gasteiger partial charge in [-0.3, -0.25) is 4.79 Å². The van der Waals surface area contributed by atoms with Crippen molar-refractivity contribution >= 4 is 12.0 Å². The number of amides is 1. The molecule has 21 heavy (non-hydrogen) atoms. The summed E-state index contributed by atoms with van der Waals surface area (Å²) >= 11 is 0. The van der Waals surface area contributed by atoms with Gasteiger partial charge in [0.05, 0.1) is 13.2 Å². The van der Waals surface area contributed by atoms with Crippen LogP contribution in [0.4, 0.5) is 4.39 Å². The predicted octanol–water partition coefficient (Wildman–Crippen LogP) is 2.20. The Morgan fingerprint density at radius 2 is 1.76 bits per heavy atom. The van der Waals surface area contributed by atoms with Gasteiger partial charge in [-0.2, -0.15) is 0 Å². The number of carbonyl (C=O) groups excluding carboxylic acids is 1. The molecular weight excluding hydrogens is 273 g/mol. The second-order valence-electron chi connectivity index (χ2n) is 5.32. The molecule has 0 N–H and O–H groups in total.